The molecule has 1 aromatic heterocycles. The van der Waals surface area contributed by atoms with Crippen molar-refractivity contribution in [2.45, 2.75) is 38.3 Å². The minimum Gasteiger partial charge on any atom is -0.361 e. The Morgan fingerprint density at radius 3 is 2.50 bits per heavy atom. The summed E-state index contributed by atoms with van der Waals surface area (Å²) in [6, 6.07) is 7.93. The monoisotopic (exact) mass is 404 g/mol. The average molecular weight is 405 g/mol. The van der Waals surface area contributed by atoms with E-state index in [2.05, 4.69) is 41.6 Å². The molecule has 0 spiro atoms. The molecule has 2 aromatic rings. The molecular formula is C22H33ClN4O. The van der Waals surface area contributed by atoms with Gasteiger partial charge in [-0.15, -0.1) is 0 Å². The third-order valence-electron chi connectivity index (χ3n) is 5.57. The number of hydrogen-bond donors (Lipinski definition) is 0. The van der Waals surface area contributed by atoms with Crippen molar-refractivity contribution in [2.24, 2.45) is 0 Å². The first kappa shape index (κ1) is 21.3. The van der Waals surface area contributed by atoms with Crippen LogP contribution in [0.15, 0.2) is 36.7 Å². The maximum absolute atomic E-state index is 6.46. The van der Waals surface area contributed by atoms with E-state index >= 15 is 0 Å². The SMILES string of the molecule is CN(C)CCOC(C)(c1ccc(Cl)cc1)c1nccn1CCN1CCCCC1. The van der Waals surface area contributed by atoms with Crippen molar-refractivity contribution in [1.29, 1.82) is 0 Å². The van der Waals surface area contributed by atoms with Gasteiger partial charge in [-0.3, -0.25) is 0 Å². The van der Waals surface area contributed by atoms with Gasteiger partial charge in [0, 0.05) is 37.1 Å². The van der Waals surface area contributed by atoms with Crippen LogP contribution >= 0.6 is 11.6 Å². The van der Waals surface area contributed by atoms with E-state index in [1.54, 1.807) is 0 Å². The quantitative estimate of drug-likeness (QED) is 0.635. The summed E-state index contributed by atoms with van der Waals surface area (Å²) in [5.74, 6) is 0.950. The number of benzene rings is 1. The molecule has 1 fully saturated rings. The normalized spacial score (nSPS) is 17.8. The summed E-state index contributed by atoms with van der Waals surface area (Å²) < 4.78 is 8.71. The number of likely N-dealkylation sites (tertiary alicyclic amines) is 1. The van der Waals surface area contributed by atoms with E-state index in [4.69, 9.17) is 21.3 Å². The zero-order valence-electron chi connectivity index (χ0n) is 17.4. The van der Waals surface area contributed by atoms with Crippen LogP contribution < -0.4 is 0 Å². The van der Waals surface area contributed by atoms with E-state index in [-0.39, 0.29) is 0 Å². The second kappa shape index (κ2) is 9.88. The molecule has 1 atom stereocenters. The van der Waals surface area contributed by atoms with Gasteiger partial charge in [0.25, 0.3) is 0 Å². The van der Waals surface area contributed by atoms with Gasteiger partial charge in [-0.2, -0.15) is 0 Å². The fourth-order valence-electron chi connectivity index (χ4n) is 3.82. The number of imidazole rings is 1. The minimum atomic E-state index is -0.619. The maximum atomic E-state index is 6.46. The molecule has 1 aliphatic rings. The average Bonchev–Trinajstić information content (AvgIpc) is 3.16. The van der Waals surface area contributed by atoms with E-state index < -0.39 is 5.60 Å². The number of nitrogens with zero attached hydrogens (tertiary/aromatic N) is 4. The third kappa shape index (κ3) is 5.35. The molecule has 0 aliphatic carbocycles. The van der Waals surface area contributed by atoms with E-state index in [1.807, 2.05) is 30.5 Å². The molecule has 1 aromatic carbocycles. The summed E-state index contributed by atoms with van der Waals surface area (Å²) in [7, 11) is 4.12. The predicted octanol–water partition coefficient (Wildman–Crippen LogP) is 3.86. The second-order valence-electron chi connectivity index (χ2n) is 8.04. The summed E-state index contributed by atoms with van der Waals surface area (Å²) >= 11 is 6.13. The van der Waals surface area contributed by atoms with Crippen molar-refractivity contribution in [3.8, 4) is 0 Å². The third-order valence-corrected chi connectivity index (χ3v) is 5.82. The molecule has 0 saturated carbocycles. The minimum absolute atomic E-state index is 0.619. The highest BCUT2D eigenvalue weighted by Gasteiger charge is 2.34. The summed E-state index contributed by atoms with van der Waals surface area (Å²) in [5.41, 5.74) is 0.451. The Labute approximate surface area is 174 Å². The summed E-state index contributed by atoms with van der Waals surface area (Å²) in [6.45, 7) is 8.00. The molecule has 0 bridgehead atoms. The summed E-state index contributed by atoms with van der Waals surface area (Å²) in [4.78, 5) is 9.41. The lowest BCUT2D eigenvalue weighted by Crippen LogP contribution is -2.36. The fraction of sp³-hybridized carbons (Fsp3) is 0.591. The molecule has 0 N–H and O–H groups in total. The molecule has 28 heavy (non-hydrogen) atoms. The van der Waals surface area contributed by atoms with Gasteiger partial charge in [-0.1, -0.05) is 30.2 Å². The Kier molecular flexibility index (Phi) is 7.52. The summed E-state index contributed by atoms with van der Waals surface area (Å²) in [6.07, 6.45) is 7.94. The van der Waals surface area contributed by atoms with Gasteiger partial charge in [0.1, 0.15) is 11.4 Å². The van der Waals surface area contributed by atoms with Gasteiger partial charge in [-0.25, -0.2) is 4.98 Å². The number of hydrogen-bond acceptors (Lipinski definition) is 4. The van der Waals surface area contributed by atoms with Crippen LogP contribution in [0.25, 0.3) is 0 Å². The zero-order valence-corrected chi connectivity index (χ0v) is 18.2. The molecule has 3 rings (SSSR count). The van der Waals surface area contributed by atoms with Crippen LogP contribution in [-0.4, -0.2) is 66.2 Å². The number of likely N-dealkylation sites (N-methyl/N-ethyl adjacent to an activating group) is 1. The number of piperidine rings is 1. The molecular weight excluding hydrogens is 372 g/mol. The molecule has 2 heterocycles. The lowest BCUT2D eigenvalue weighted by Gasteiger charge is -2.32. The fourth-order valence-corrected chi connectivity index (χ4v) is 3.94. The van der Waals surface area contributed by atoms with Crippen molar-refractivity contribution in [3.63, 3.8) is 0 Å². The highest BCUT2D eigenvalue weighted by molar-refractivity contribution is 6.30. The van der Waals surface area contributed by atoms with Crippen LogP contribution in [0.3, 0.4) is 0 Å². The molecule has 1 aliphatic heterocycles. The van der Waals surface area contributed by atoms with Crippen molar-refractivity contribution in [1.82, 2.24) is 19.4 Å². The van der Waals surface area contributed by atoms with Gasteiger partial charge >= 0.3 is 0 Å². The number of aromatic nitrogens is 2. The molecule has 0 amide bonds. The van der Waals surface area contributed by atoms with Gasteiger partial charge < -0.3 is 19.1 Å². The smallest absolute Gasteiger partial charge is 0.148 e. The Morgan fingerprint density at radius 2 is 1.82 bits per heavy atom. The van der Waals surface area contributed by atoms with E-state index in [0.717, 1.165) is 36.0 Å². The van der Waals surface area contributed by atoms with Gasteiger partial charge in [0.15, 0.2) is 0 Å². The van der Waals surface area contributed by atoms with E-state index in [1.165, 1.54) is 32.4 Å². The largest absolute Gasteiger partial charge is 0.361 e. The topological polar surface area (TPSA) is 33.5 Å². The van der Waals surface area contributed by atoms with Crippen LogP contribution in [0.5, 0.6) is 0 Å². The predicted molar refractivity (Wildman–Crippen MR) is 115 cm³/mol. The first-order chi connectivity index (χ1) is 13.5. The highest BCUT2D eigenvalue weighted by atomic mass is 35.5. The number of rotatable bonds is 9. The van der Waals surface area contributed by atoms with Gasteiger partial charge in [-0.05, 0) is 64.6 Å². The van der Waals surface area contributed by atoms with Crippen molar-refractivity contribution in [2.75, 3.05) is 46.9 Å². The second-order valence-corrected chi connectivity index (χ2v) is 8.47. The van der Waals surface area contributed by atoms with Gasteiger partial charge in [0.05, 0.1) is 6.61 Å². The first-order valence-corrected chi connectivity index (χ1v) is 10.7. The molecule has 0 radical (unpaired) electrons. The number of ether oxygens (including phenoxy) is 1. The van der Waals surface area contributed by atoms with Crippen molar-refractivity contribution in [3.05, 3.63) is 53.1 Å². The van der Waals surface area contributed by atoms with E-state index in [0.29, 0.717) is 6.61 Å². The summed E-state index contributed by atoms with van der Waals surface area (Å²) in [5, 5.41) is 0.729. The standard InChI is InChI=1S/C22H33ClN4O/c1-22(28-18-17-25(2)3,19-7-9-20(23)10-8-19)21-24-11-14-27(21)16-15-26-12-5-4-6-13-26/h7-11,14H,4-6,12-13,15-18H2,1-3H3. The number of halogens is 1. The van der Waals surface area contributed by atoms with Crippen LogP contribution in [-0.2, 0) is 16.9 Å². The molecule has 6 heteroatoms. The molecule has 1 unspecified atom stereocenters. The Hall–Kier alpha value is -1.40. The van der Waals surface area contributed by atoms with Crippen LogP contribution in [0.2, 0.25) is 5.02 Å². The molecule has 5 nitrogen and oxygen atoms in total. The van der Waals surface area contributed by atoms with Crippen LogP contribution in [0, 0.1) is 0 Å². The van der Waals surface area contributed by atoms with Crippen LogP contribution in [0.1, 0.15) is 37.6 Å². The van der Waals surface area contributed by atoms with Gasteiger partial charge in [0.2, 0.25) is 0 Å². The lowest BCUT2D eigenvalue weighted by molar-refractivity contribution is -0.0187. The Balaban J connectivity index is 1.81. The molecule has 1 saturated heterocycles. The maximum Gasteiger partial charge on any atom is 0.148 e. The first-order valence-electron chi connectivity index (χ1n) is 10.3. The van der Waals surface area contributed by atoms with Crippen molar-refractivity contribution >= 4 is 11.6 Å². The Bertz CT molecular complexity index is 724. The lowest BCUT2D eigenvalue weighted by atomic mass is 9.94. The molecule has 154 valence electrons. The Morgan fingerprint density at radius 1 is 1.11 bits per heavy atom. The van der Waals surface area contributed by atoms with E-state index in [9.17, 15) is 0 Å². The zero-order chi connectivity index (χ0) is 20.0. The van der Waals surface area contributed by atoms with Crippen LogP contribution in [0.4, 0.5) is 0 Å². The van der Waals surface area contributed by atoms with Crippen molar-refractivity contribution < 1.29 is 4.74 Å². The highest BCUT2D eigenvalue weighted by Crippen LogP contribution is 2.33.